The van der Waals surface area contributed by atoms with Gasteiger partial charge in [0.25, 0.3) is 5.91 Å². The molecule has 2 amide bonds. The number of rotatable bonds is 4. The topological polar surface area (TPSA) is 52.6 Å². The summed E-state index contributed by atoms with van der Waals surface area (Å²) in [6.45, 7) is 4.36. The normalized spacial score (nSPS) is 20.5. The average Bonchev–Trinajstić information content (AvgIpc) is 3.00. The molecule has 30 heavy (non-hydrogen) atoms. The van der Waals surface area contributed by atoms with Crippen molar-refractivity contribution < 1.29 is 9.59 Å². The Kier molecular flexibility index (Phi) is 6.48. The number of benzene rings is 2. The van der Waals surface area contributed by atoms with E-state index in [1.54, 1.807) is 0 Å². The van der Waals surface area contributed by atoms with Crippen LogP contribution in [0.4, 0.5) is 0 Å². The molecule has 2 heterocycles. The van der Waals surface area contributed by atoms with E-state index < -0.39 is 0 Å². The molecule has 1 atom stereocenters. The Morgan fingerprint density at radius 2 is 1.83 bits per heavy atom. The van der Waals surface area contributed by atoms with Gasteiger partial charge < -0.3 is 15.1 Å². The first-order valence-corrected chi connectivity index (χ1v) is 11.0. The first kappa shape index (κ1) is 20.6. The summed E-state index contributed by atoms with van der Waals surface area (Å²) in [4.78, 5) is 29.3. The minimum Gasteiger partial charge on any atom is -0.356 e. The van der Waals surface area contributed by atoms with Gasteiger partial charge in [0, 0.05) is 37.7 Å². The minimum atomic E-state index is 0.0817. The molecule has 0 aromatic heterocycles. The highest BCUT2D eigenvalue weighted by Gasteiger charge is 2.22. The number of nitrogens with one attached hydrogen (secondary N) is 1. The molecule has 0 radical (unpaired) electrons. The Labute approximate surface area is 179 Å². The van der Waals surface area contributed by atoms with Crippen molar-refractivity contribution in [3.63, 3.8) is 0 Å². The number of hydrogen-bond acceptors (Lipinski definition) is 3. The van der Waals surface area contributed by atoms with E-state index in [2.05, 4.69) is 47.6 Å². The van der Waals surface area contributed by atoms with Gasteiger partial charge in [-0.25, -0.2) is 0 Å². The fourth-order valence-electron chi connectivity index (χ4n) is 4.41. The zero-order valence-corrected chi connectivity index (χ0v) is 17.8. The van der Waals surface area contributed by atoms with Gasteiger partial charge in [0.2, 0.25) is 5.91 Å². The highest BCUT2D eigenvalue weighted by atomic mass is 16.2. The fraction of sp³-hybridized carbons (Fsp3) is 0.440. The van der Waals surface area contributed by atoms with E-state index in [9.17, 15) is 9.59 Å². The molecular formula is C25H31N3O2. The summed E-state index contributed by atoms with van der Waals surface area (Å²) >= 11 is 0. The molecule has 5 nitrogen and oxygen atoms in total. The zero-order chi connectivity index (χ0) is 20.9. The van der Waals surface area contributed by atoms with E-state index in [4.69, 9.17) is 0 Å². The molecule has 2 aromatic carbocycles. The molecule has 2 saturated heterocycles. The monoisotopic (exact) mass is 405 g/mol. The van der Waals surface area contributed by atoms with Gasteiger partial charge in [0.1, 0.15) is 0 Å². The minimum absolute atomic E-state index is 0.0817. The molecule has 0 saturated carbocycles. The summed E-state index contributed by atoms with van der Waals surface area (Å²) in [5.74, 6) is 0.376. The summed E-state index contributed by atoms with van der Waals surface area (Å²) in [5, 5.41) is 2.96. The van der Waals surface area contributed by atoms with Gasteiger partial charge >= 0.3 is 0 Å². The van der Waals surface area contributed by atoms with Crippen molar-refractivity contribution in [1.82, 2.24) is 15.1 Å². The predicted molar refractivity (Wildman–Crippen MR) is 119 cm³/mol. The molecule has 0 unspecified atom stereocenters. The molecule has 0 spiro atoms. The van der Waals surface area contributed by atoms with E-state index >= 15 is 0 Å². The van der Waals surface area contributed by atoms with Crippen LogP contribution in [0.15, 0.2) is 48.5 Å². The number of amides is 2. The maximum Gasteiger partial charge on any atom is 0.253 e. The van der Waals surface area contributed by atoms with Crippen molar-refractivity contribution >= 4 is 11.8 Å². The van der Waals surface area contributed by atoms with Crippen molar-refractivity contribution in [2.24, 2.45) is 5.92 Å². The quantitative estimate of drug-likeness (QED) is 0.850. The molecule has 0 bridgehead atoms. The van der Waals surface area contributed by atoms with Gasteiger partial charge in [-0.2, -0.15) is 0 Å². The lowest BCUT2D eigenvalue weighted by atomic mass is 9.91. The summed E-state index contributed by atoms with van der Waals surface area (Å²) in [6.07, 6.45) is 3.82. The molecule has 158 valence electrons. The van der Waals surface area contributed by atoms with E-state index in [1.165, 1.54) is 5.56 Å². The van der Waals surface area contributed by atoms with Gasteiger partial charge in [-0.1, -0.05) is 36.4 Å². The summed E-state index contributed by atoms with van der Waals surface area (Å²) < 4.78 is 0. The van der Waals surface area contributed by atoms with Crippen LogP contribution in [0, 0.1) is 5.92 Å². The van der Waals surface area contributed by atoms with E-state index in [-0.39, 0.29) is 17.7 Å². The van der Waals surface area contributed by atoms with Crippen LogP contribution in [0.1, 0.15) is 35.2 Å². The van der Waals surface area contributed by atoms with Crippen molar-refractivity contribution in [2.75, 3.05) is 39.8 Å². The number of hydrogen-bond donors (Lipinski definition) is 1. The lowest BCUT2D eigenvalue weighted by Gasteiger charge is -2.22. The Morgan fingerprint density at radius 3 is 2.63 bits per heavy atom. The first-order chi connectivity index (χ1) is 14.6. The lowest BCUT2D eigenvalue weighted by Crippen LogP contribution is -2.37. The molecular weight excluding hydrogens is 374 g/mol. The third-order valence-electron chi connectivity index (χ3n) is 6.28. The molecule has 2 fully saturated rings. The third kappa shape index (κ3) is 4.90. The molecule has 2 aromatic rings. The van der Waals surface area contributed by atoms with Gasteiger partial charge in [0.15, 0.2) is 0 Å². The second-order valence-corrected chi connectivity index (χ2v) is 8.56. The number of nitrogens with zero attached hydrogens (tertiary/aromatic N) is 2. The second-order valence-electron chi connectivity index (χ2n) is 8.56. The van der Waals surface area contributed by atoms with Crippen LogP contribution in [-0.4, -0.2) is 61.4 Å². The number of carbonyl (C=O) groups excluding carboxylic acids is 2. The summed E-state index contributed by atoms with van der Waals surface area (Å²) in [5.41, 5.74) is 4.08. The van der Waals surface area contributed by atoms with Crippen LogP contribution in [0.25, 0.3) is 11.1 Å². The van der Waals surface area contributed by atoms with Crippen LogP contribution >= 0.6 is 0 Å². The van der Waals surface area contributed by atoms with Crippen molar-refractivity contribution in [1.29, 1.82) is 0 Å². The molecule has 4 rings (SSSR count). The SMILES string of the molecule is CN1CCCN(C(=O)c2cccc(-c3ccc(C[C@H]4CCCNC4=O)cc3)c2)CC1. The summed E-state index contributed by atoms with van der Waals surface area (Å²) in [7, 11) is 2.11. The molecule has 2 aliphatic rings. The largest absolute Gasteiger partial charge is 0.356 e. The van der Waals surface area contributed by atoms with Crippen LogP contribution in [-0.2, 0) is 11.2 Å². The number of piperidine rings is 1. The van der Waals surface area contributed by atoms with Crippen LogP contribution < -0.4 is 5.32 Å². The fourth-order valence-corrected chi connectivity index (χ4v) is 4.41. The second kappa shape index (κ2) is 9.43. The third-order valence-corrected chi connectivity index (χ3v) is 6.28. The Hall–Kier alpha value is -2.66. The van der Waals surface area contributed by atoms with Crippen molar-refractivity contribution in [3.8, 4) is 11.1 Å². The van der Waals surface area contributed by atoms with Gasteiger partial charge in [0.05, 0.1) is 0 Å². The number of carbonyl (C=O) groups is 2. The van der Waals surface area contributed by atoms with Gasteiger partial charge in [-0.05, 0) is 68.1 Å². The smallest absolute Gasteiger partial charge is 0.253 e. The lowest BCUT2D eigenvalue weighted by molar-refractivity contribution is -0.126. The van der Waals surface area contributed by atoms with E-state index in [0.717, 1.165) is 75.1 Å². The van der Waals surface area contributed by atoms with E-state index in [1.807, 2.05) is 23.1 Å². The Morgan fingerprint density at radius 1 is 1.00 bits per heavy atom. The predicted octanol–water partition coefficient (Wildman–Crippen LogP) is 3.20. The van der Waals surface area contributed by atoms with Gasteiger partial charge in [-0.3, -0.25) is 9.59 Å². The van der Waals surface area contributed by atoms with Gasteiger partial charge in [-0.15, -0.1) is 0 Å². The van der Waals surface area contributed by atoms with Crippen molar-refractivity contribution in [3.05, 3.63) is 59.7 Å². The molecule has 0 aliphatic carbocycles. The van der Waals surface area contributed by atoms with Crippen LogP contribution in [0.5, 0.6) is 0 Å². The zero-order valence-electron chi connectivity index (χ0n) is 17.8. The summed E-state index contributed by atoms with van der Waals surface area (Å²) in [6, 6.07) is 16.3. The number of likely N-dealkylation sites (N-methyl/N-ethyl adjacent to an activating group) is 1. The maximum atomic E-state index is 13.0. The maximum absolute atomic E-state index is 13.0. The van der Waals surface area contributed by atoms with Crippen LogP contribution in [0.2, 0.25) is 0 Å². The highest BCUT2D eigenvalue weighted by Crippen LogP contribution is 2.24. The Balaban J connectivity index is 1.45. The molecule has 2 aliphatic heterocycles. The Bertz CT molecular complexity index is 894. The highest BCUT2D eigenvalue weighted by molar-refractivity contribution is 5.95. The van der Waals surface area contributed by atoms with E-state index in [0.29, 0.717) is 0 Å². The van der Waals surface area contributed by atoms with Crippen molar-refractivity contribution in [2.45, 2.75) is 25.7 Å². The standard InChI is InChI=1S/C25H31N3O2/c1-27-13-4-14-28(16-15-27)25(30)23-6-2-5-21(18-23)20-10-8-19(9-11-20)17-22-7-3-12-26-24(22)29/h2,5-6,8-11,18,22H,3-4,7,12-17H2,1H3,(H,26,29)/t22-/m1/s1. The first-order valence-electron chi connectivity index (χ1n) is 11.0. The molecule has 1 N–H and O–H groups in total. The molecule has 5 heteroatoms. The van der Waals surface area contributed by atoms with Crippen LogP contribution in [0.3, 0.4) is 0 Å². The average molecular weight is 406 g/mol.